The minimum absolute atomic E-state index is 0.114. The van der Waals surface area contributed by atoms with Gasteiger partial charge in [0.1, 0.15) is 18.0 Å². The van der Waals surface area contributed by atoms with Crippen molar-refractivity contribution in [1.29, 1.82) is 0 Å². The molecule has 8 rings (SSSR count). The zero-order valence-electron chi connectivity index (χ0n) is 23.5. The third kappa shape index (κ3) is 4.67. The zero-order valence-corrected chi connectivity index (χ0v) is 23.5. The third-order valence-corrected chi connectivity index (χ3v) is 11.2. The molecule has 40 heavy (non-hydrogen) atoms. The smallest absolute Gasteiger partial charge is 0.247 e. The quantitative estimate of drug-likeness (QED) is 0.457. The number of carbonyl (C=O) groups excluding carboxylic acids is 2. The number of rotatable bonds is 8. The van der Waals surface area contributed by atoms with Gasteiger partial charge in [0.2, 0.25) is 11.8 Å². The zero-order chi connectivity index (χ0) is 27.4. The van der Waals surface area contributed by atoms with Crippen molar-refractivity contribution in [3.63, 3.8) is 0 Å². The summed E-state index contributed by atoms with van der Waals surface area (Å²) < 4.78 is 6.34. The summed E-state index contributed by atoms with van der Waals surface area (Å²) in [7, 11) is 0. The van der Waals surface area contributed by atoms with E-state index in [4.69, 9.17) is 4.74 Å². The van der Waals surface area contributed by atoms with Crippen molar-refractivity contribution in [3.05, 3.63) is 41.5 Å². The van der Waals surface area contributed by atoms with Gasteiger partial charge < -0.3 is 25.2 Å². The summed E-state index contributed by atoms with van der Waals surface area (Å²) in [6.45, 7) is 0.668. The van der Waals surface area contributed by atoms with Gasteiger partial charge in [0.05, 0.1) is 18.6 Å². The van der Waals surface area contributed by atoms with E-state index >= 15 is 0 Å². The fraction of sp³-hybridized carbons (Fsp3) is 0.697. The maximum absolute atomic E-state index is 14.2. The Hall–Kier alpha value is -2.38. The van der Waals surface area contributed by atoms with Crippen molar-refractivity contribution < 1.29 is 24.5 Å². The molecule has 5 fully saturated rings. The van der Waals surface area contributed by atoms with Crippen LogP contribution in [0.3, 0.4) is 0 Å². The van der Waals surface area contributed by atoms with E-state index in [1.54, 1.807) is 0 Å². The summed E-state index contributed by atoms with van der Waals surface area (Å²) in [5, 5.41) is 24.2. The Bertz CT molecular complexity index is 1140. The molecule has 0 radical (unpaired) electrons. The molecule has 7 aliphatic rings. The Labute approximate surface area is 237 Å². The van der Waals surface area contributed by atoms with E-state index in [0.717, 1.165) is 36.2 Å². The molecule has 216 valence electrons. The highest BCUT2D eigenvalue weighted by molar-refractivity contribution is 5.96. The number of para-hydroxylation sites is 1. The van der Waals surface area contributed by atoms with E-state index in [2.05, 4.69) is 5.32 Å². The fourth-order valence-electron chi connectivity index (χ4n) is 9.97. The molecule has 0 aromatic heterocycles. The summed E-state index contributed by atoms with van der Waals surface area (Å²) in [6, 6.07) is 7.05. The van der Waals surface area contributed by atoms with Crippen molar-refractivity contribution in [2.45, 2.75) is 94.8 Å². The highest BCUT2D eigenvalue weighted by atomic mass is 16.5. The second-order valence-electron chi connectivity index (χ2n) is 14.0. The Morgan fingerprint density at radius 3 is 2.38 bits per heavy atom. The van der Waals surface area contributed by atoms with E-state index in [0.29, 0.717) is 30.2 Å². The van der Waals surface area contributed by atoms with Crippen molar-refractivity contribution in [1.82, 2.24) is 10.2 Å². The average molecular weight is 549 g/mol. The molecule has 5 saturated carbocycles. The molecule has 1 aliphatic heterocycles. The summed E-state index contributed by atoms with van der Waals surface area (Å²) in [5.41, 5.74) is 1.53. The molecule has 4 unspecified atom stereocenters. The summed E-state index contributed by atoms with van der Waals surface area (Å²) in [4.78, 5) is 29.7. The SMILES string of the molecule is O=C(NCCO)C1=CC(N(CC23CC4CC(CC(C4)C2)C3)C(=O)CC2CCCC2)C(O)C2Oc3ccccc3C12. The molecule has 4 atom stereocenters. The van der Waals surface area contributed by atoms with E-state index in [1.807, 2.05) is 35.2 Å². The van der Waals surface area contributed by atoms with E-state index in [-0.39, 0.29) is 30.4 Å². The van der Waals surface area contributed by atoms with Gasteiger partial charge in [-0.1, -0.05) is 31.0 Å². The number of hydrogen-bond donors (Lipinski definition) is 3. The third-order valence-electron chi connectivity index (χ3n) is 11.2. The molecule has 3 N–H and O–H groups in total. The number of aliphatic hydroxyl groups is 2. The molecule has 1 heterocycles. The number of aliphatic hydroxyl groups excluding tert-OH is 2. The minimum atomic E-state index is -0.937. The lowest BCUT2D eigenvalue weighted by Crippen LogP contribution is -2.60. The molecule has 6 aliphatic carbocycles. The standard InChI is InChI=1S/C33H44N2O5/c36-10-9-34-32(39)25-15-26(30(38)31-29(25)24-7-3-4-8-27(24)40-31)35(28(37)14-20-5-1-2-6-20)19-33-16-21-11-22(17-33)13-23(12-21)18-33/h3-4,7-8,15,20-23,26,29-31,36,38H,1-2,5-6,9-14,16-19H2,(H,34,39). The van der Waals surface area contributed by atoms with Gasteiger partial charge in [0.25, 0.3) is 0 Å². The van der Waals surface area contributed by atoms with Crippen LogP contribution in [0, 0.1) is 29.1 Å². The number of benzene rings is 1. The number of ether oxygens (including phenoxy) is 1. The van der Waals surface area contributed by atoms with Crippen LogP contribution in [0.2, 0.25) is 0 Å². The molecule has 1 aromatic carbocycles. The molecule has 4 bridgehead atoms. The number of carbonyl (C=O) groups is 2. The highest BCUT2D eigenvalue weighted by Crippen LogP contribution is 2.60. The second-order valence-corrected chi connectivity index (χ2v) is 14.0. The van der Waals surface area contributed by atoms with Crippen molar-refractivity contribution in [2.75, 3.05) is 19.7 Å². The first-order valence-corrected chi connectivity index (χ1v) is 15.8. The first-order valence-electron chi connectivity index (χ1n) is 15.8. The van der Waals surface area contributed by atoms with Gasteiger partial charge in [-0.15, -0.1) is 0 Å². The van der Waals surface area contributed by atoms with E-state index in [9.17, 15) is 19.8 Å². The lowest BCUT2D eigenvalue weighted by molar-refractivity contribution is -0.146. The van der Waals surface area contributed by atoms with Crippen molar-refractivity contribution in [3.8, 4) is 5.75 Å². The lowest BCUT2D eigenvalue weighted by atomic mass is 9.49. The molecule has 7 heteroatoms. The lowest BCUT2D eigenvalue weighted by Gasteiger charge is -2.58. The van der Waals surface area contributed by atoms with E-state index in [1.165, 1.54) is 51.4 Å². The van der Waals surface area contributed by atoms with Crippen LogP contribution >= 0.6 is 0 Å². The van der Waals surface area contributed by atoms with Gasteiger partial charge >= 0.3 is 0 Å². The largest absolute Gasteiger partial charge is 0.486 e. The molecular weight excluding hydrogens is 504 g/mol. The Morgan fingerprint density at radius 2 is 1.70 bits per heavy atom. The van der Waals surface area contributed by atoms with Crippen LogP contribution in [0.25, 0.3) is 0 Å². The van der Waals surface area contributed by atoms with Crippen molar-refractivity contribution >= 4 is 11.8 Å². The fourth-order valence-corrected chi connectivity index (χ4v) is 9.97. The van der Waals surface area contributed by atoms with Gasteiger partial charge in [-0.25, -0.2) is 0 Å². The van der Waals surface area contributed by atoms with Gasteiger partial charge in [-0.3, -0.25) is 9.59 Å². The first kappa shape index (κ1) is 26.5. The number of nitrogens with zero attached hydrogens (tertiary/aromatic N) is 1. The average Bonchev–Trinajstić information content (AvgIpc) is 3.58. The summed E-state index contributed by atoms with van der Waals surface area (Å²) in [6.07, 6.45) is 12.9. The van der Waals surface area contributed by atoms with Crippen LogP contribution in [0.5, 0.6) is 5.75 Å². The highest BCUT2D eigenvalue weighted by Gasteiger charge is 2.55. The van der Waals surface area contributed by atoms with Gasteiger partial charge in [0, 0.05) is 30.6 Å². The van der Waals surface area contributed by atoms with Crippen LogP contribution in [0.15, 0.2) is 35.9 Å². The van der Waals surface area contributed by atoms with Gasteiger partial charge in [-0.2, -0.15) is 0 Å². The number of fused-ring (bicyclic) bond motifs is 3. The Morgan fingerprint density at radius 1 is 1.02 bits per heavy atom. The van der Waals surface area contributed by atoms with Crippen LogP contribution in [-0.2, 0) is 9.59 Å². The predicted molar refractivity (Wildman–Crippen MR) is 150 cm³/mol. The van der Waals surface area contributed by atoms with Crippen LogP contribution in [-0.4, -0.2) is 64.9 Å². The first-order chi connectivity index (χ1) is 19.4. The van der Waals surface area contributed by atoms with Crippen molar-refractivity contribution in [2.24, 2.45) is 29.1 Å². The molecule has 0 saturated heterocycles. The van der Waals surface area contributed by atoms with E-state index < -0.39 is 24.2 Å². The Kier molecular flexibility index (Phi) is 6.94. The topological polar surface area (TPSA) is 99.1 Å². The van der Waals surface area contributed by atoms with Crippen LogP contribution in [0.1, 0.15) is 82.1 Å². The Balaban J connectivity index is 1.25. The molecule has 0 spiro atoms. The number of hydrogen-bond acceptors (Lipinski definition) is 5. The predicted octanol–water partition coefficient (Wildman–Crippen LogP) is 3.93. The van der Waals surface area contributed by atoms with Crippen LogP contribution in [0.4, 0.5) is 0 Å². The maximum atomic E-state index is 14.2. The molecule has 7 nitrogen and oxygen atoms in total. The number of amides is 2. The summed E-state index contributed by atoms with van der Waals surface area (Å²) >= 11 is 0. The normalized spacial score (nSPS) is 37.5. The minimum Gasteiger partial charge on any atom is -0.486 e. The van der Waals surface area contributed by atoms with Gasteiger partial charge in [0.15, 0.2) is 0 Å². The van der Waals surface area contributed by atoms with Gasteiger partial charge in [-0.05, 0) is 92.6 Å². The molecular formula is C33H44N2O5. The van der Waals surface area contributed by atoms with Crippen LogP contribution < -0.4 is 10.1 Å². The number of nitrogens with one attached hydrogen (secondary N) is 1. The maximum Gasteiger partial charge on any atom is 0.247 e. The molecule has 2 amide bonds. The second kappa shape index (κ2) is 10.5. The monoisotopic (exact) mass is 548 g/mol. The molecule has 1 aromatic rings. The summed E-state index contributed by atoms with van der Waals surface area (Å²) in [5.74, 6) is 2.83.